The third-order valence-corrected chi connectivity index (χ3v) is 5.69. The highest BCUT2D eigenvalue weighted by Gasteiger charge is 2.18. The molecule has 0 amide bonds. The van der Waals surface area contributed by atoms with Crippen molar-refractivity contribution in [1.82, 2.24) is 4.98 Å². The molecule has 0 spiro atoms. The maximum Gasteiger partial charge on any atom is 0.339 e. The Morgan fingerprint density at radius 3 is 2.50 bits per heavy atom. The van der Waals surface area contributed by atoms with Crippen molar-refractivity contribution in [3.8, 4) is 11.8 Å². The van der Waals surface area contributed by atoms with Gasteiger partial charge in [0.2, 0.25) is 5.89 Å². The smallest absolute Gasteiger partial charge is 0.339 e. The van der Waals surface area contributed by atoms with Gasteiger partial charge < -0.3 is 8.60 Å². The van der Waals surface area contributed by atoms with Crippen LogP contribution in [0.2, 0.25) is 5.02 Å². The van der Waals surface area contributed by atoms with Crippen LogP contribution in [0.1, 0.15) is 11.5 Å². The van der Waals surface area contributed by atoms with Crippen molar-refractivity contribution in [2.24, 2.45) is 0 Å². The highest BCUT2D eigenvalue weighted by atomic mass is 35.5. The molecule has 3 aromatic carbocycles. The molecule has 6 nitrogen and oxygen atoms in total. The van der Waals surface area contributed by atoms with Gasteiger partial charge in [0, 0.05) is 0 Å². The van der Waals surface area contributed by atoms with Crippen molar-refractivity contribution in [1.29, 1.82) is 5.26 Å². The van der Waals surface area contributed by atoms with E-state index >= 15 is 0 Å². The second-order valence-electron chi connectivity index (χ2n) is 6.20. The number of rotatable bonds is 5. The first-order valence-corrected chi connectivity index (χ1v) is 10.5. The van der Waals surface area contributed by atoms with Gasteiger partial charge in [-0.25, -0.2) is 4.98 Å². The van der Waals surface area contributed by atoms with Crippen LogP contribution in [0.5, 0.6) is 5.75 Å². The van der Waals surface area contributed by atoms with Crippen molar-refractivity contribution < 1.29 is 17.0 Å². The number of allylic oxidation sites excluding steroid dienone is 1. The Balaban J connectivity index is 1.63. The van der Waals surface area contributed by atoms with Crippen LogP contribution in [0.15, 0.2) is 82.1 Å². The van der Waals surface area contributed by atoms with E-state index in [4.69, 9.17) is 20.2 Å². The molecule has 0 bridgehead atoms. The molecule has 4 aromatic rings. The van der Waals surface area contributed by atoms with E-state index in [0.29, 0.717) is 16.7 Å². The number of aromatic nitrogens is 1. The molecule has 4 rings (SSSR count). The van der Waals surface area contributed by atoms with Gasteiger partial charge in [-0.15, -0.1) is 0 Å². The maximum absolute atomic E-state index is 12.4. The van der Waals surface area contributed by atoms with Crippen molar-refractivity contribution in [3.63, 3.8) is 0 Å². The third kappa shape index (κ3) is 4.06. The largest absolute Gasteiger partial charge is 0.435 e. The Labute approximate surface area is 177 Å². The first-order chi connectivity index (χ1) is 14.5. The summed E-state index contributed by atoms with van der Waals surface area (Å²) < 4.78 is 35.5. The maximum atomic E-state index is 12.4. The first kappa shape index (κ1) is 19.7. The second-order valence-corrected chi connectivity index (χ2v) is 8.15. The van der Waals surface area contributed by atoms with Crippen molar-refractivity contribution in [3.05, 3.63) is 89.3 Å². The van der Waals surface area contributed by atoms with Crippen LogP contribution in [0.25, 0.3) is 22.7 Å². The van der Waals surface area contributed by atoms with Crippen LogP contribution in [0, 0.1) is 11.3 Å². The molecule has 0 saturated heterocycles. The molecule has 8 heteroatoms. The number of nitrogens with zero attached hydrogens (tertiary/aromatic N) is 2. The molecule has 0 unspecified atom stereocenters. The number of hydrogen-bond acceptors (Lipinski definition) is 6. The van der Waals surface area contributed by atoms with Gasteiger partial charge in [0.25, 0.3) is 0 Å². The summed E-state index contributed by atoms with van der Waals surface area (Å²) >= 11 is 6.22. The number of fused-ring (bicyclic) bond motifs is 1. The zero-order valence-corrected chi connectivity index (χ0v) is 16.9. The summed E-state index contributed by atoms with van der Waals surface area (Å²) in [6, 6.07) is 21.5. The fraction of sp³-hybridized carbons (Fsp3) is 0. The average Bonchev–Trinajstić information content (AvgIpc) is 3.18. The molecule has 148 valence electrons. The molecular formula is C22H13ClN2O4S. The Bertz CT molecular complexity index is 1370. The van der Waals surface area contributed by atoms with Gasteiger partial charge in [0.1, 0.15) is 22.1 Å². The van der Waals surface area contributed by atoms with E-state index in [1.807, 2.05) is 12.1 Å². The molecule has 1 aromatic heterocycles. The lowest BCUT2D eigenvalue weighted by molar-refractivity contribution is 0.486. The van der Waals surface area contributed by atoms with E-state index in [1.54, 1.807) is 42.5 Å². The predicted octanol–water partition coefficient (Wildman–Crippen LogP) is 5.31. The lowest BCUT2D eigenvalue weighted by Crippen LogP contribution is -2.09. The monoisotopic (exact) mass is 436 g/mol. The summed E-state index contributed by atoms with van der Waals surface area (Å²) in [5.41, 5.74) is 1.97. The van der Waals surface area contributed by atoms with Gasteiger partial charge in [-0.05, 0) is 48.0 Å². The number of oxazole rings is 1. The molecule has 30 heavy (non-hydrogen) atoms. The normalized spacial score (nSPS) is 11.9. The fourth-order valence-electron chi connectivity index (χ4n) is 2.72. The van der Waals surface area contributed by atoms with E-state index in [1.165, 1.54) is 24.3 Å². The summed E-state index contributed by atoms with van der Waals surface area (Å²) in [5, 5.41) is 9.60. The molecule has 0 atom stereocenters. The third-order valence-electron chi connectivity index (χ3n) is 4.14. The van der Waals surface area contributed by atoms with E-state index < -0.39 is 10.1 Å². The van der Waals surface area contributed by atoms with Crippen LogP contribution in [-0.2, 0) is 10.1 Å². The van der Waals surface area contributed by atoms with Crippen LogP contribution in [0.3, 0.4) is 0 Å². The van der Waals surface area contributed by atoms with Crippen LogP contribution < -0.4 is 4.18 Å². The van der Waals surface area contributed by atoms with Crippen LogP contribution in [0.4, 0.5) is 0 Å². The zero-order chi connectivity index (χ0) is 21.1. The van der Waals surface area contributed by atoms with Crippen molar-refractivity contribution >= 4 is 44.5 Å². The molecule has 0 aliphatic heterocycles. The molecule has 1 heterocycles. The Morgan fingerprint density at radius 1 is 1.07 bits per heavy atom. The minimum Gasteiger partial charge on any atom is -0.435 e. The summed E-state index contributed by atoms with van der Waals surface area (Å²) in [6.45, 7) is 0. The number of nitriles is 1. The van der Waals surface area contributed by atoms with Gasteiger partial charge in [-0.3, -0.25) is 0 Å². The van der Waals surface area contributed by atoms with Gasteiger partial charge in [-0.1, -0.05) is 48.0 Å². The summed E-state index contributed by atoms with van der Waals surface area (Å²) in [5.74, 6) is 0.167. The first-order valence-electron chi connectivity index (χ1n) is 8.73. The number of para-hydroxylation sites is 2. The van der Waals surface area contributed by atoms with Gasteiger partial charge in [0.05, 0.1) is 5.02 Å². The topological polar surface area (TPSA) is 93.2 Å². The Kier molecular flexibility index (Phi) is 5.27. The SMILES string of the molecule is N#C/C(=C\c1ccc(OS(=O)(=O)c2ccccc2)c(Cl)c1)c1nc2ccccc2o1. The molecule has 0 radical (unpaired) electrons. The number of halogens is 1. The quantitative estimate of drug-likeness (QED) is 0.310. The van der Waals surface area contributed by atoms with Gasteiger partial charge >= 0.3 is 10.1 Å². The molecule has 0 aliphatic carbocycles. The van der Waals surface area contributed by atoms with Crippen molar-refractivity contribution in [2.45, 2.75) is 4.90 Å². The summed E-state index contributed by atoms with van der Waals surface area (Å²) in [7, 11) is -4.01. The number of hydrogen-bond donors (Lipinski definition) is 0. The lowest BCUT2D eigenvalue weighted by Gasteiger charge is -2.09. The van der Waals surface area contributed by atoms with Crippen LogP contribution >= 0.6 is 11.6 Å². The zero-order valence-electron chi connectivity index (χ0n) is 15.3. The minimum absolute atomic E-state index is 0.0157. The second kappa shape index (κ2) is 8.03. The van der Waals surface area contributed by atoms with E-state index in [9.17, 15) is 13.7 Å². The number of benzene rings is 3. The van der Waals surface area contributed by atoms with E-state index in [-0.39, 0.29) is 27.1 Å². The Morgan fingerprint density at radius 2 is 1.80 bits per heavy atom. The van der Waals surface area contributed by atoms with Crippen LogP contribution in [-0.4, -0.2) is 13.4 Å². The van der Waals surface area contributed by atoms with Gasteiger partial charge in [0.15, 0.2) is 11.3 Å². The van der Waals surface area contributed by atoms with Crippen molar-refractivity contribution in [2.75, 3.05) is 0 Å². The minimum atomic E-state index is -4.01. The molecule has 0 saturated carbocycles. The van der Waals surface area contributed by atoms with E-state index in [0.717, 1.165) is 0 Å². The highest BCUT2D eigenvalue weighted by Crippen LogP contribution is 2.30. The summed E-state index contributed by atoms with van der Waals surface area (Å²) in [6.07, 6.45) is 1.55. The molecule has 0 N–H and O–H groups in total. The molecular weight excluding hydrogens is 424 g/mol. The van der Waals surface area contributed by atoms with Gasteiger partial charge in [-0.2, -0.15) is 13.7 Å². The predicted molar refractivity (Wildman–Crippen MR) is 113 cm³/mol. The standard InChI is InChI=1S/C22H13ClN2O4S/c23-18-13-15(10-11-20(18)29-30(26,27)17-6-2-1-3-7-17)12-16(14-24)22-25-19-8-4-5-9-21(19)28-22/h1-13H/b16-12+. The molecule has 0 fully saturated rings. The lowest BCUT2D eigenvalue weighted by atomic mass is 10.1. The Hall–Kier alpha value is -3.60. The summed E-state index contributed by atoms with van der Waals surface area (Å²) in [4.78, 5) is 4.33. The molecule has 0 aliphatic rings. The highest BCUT2D eigenvalue weighted by molar-refractivity contribution is 7.87. The van der Waals surface area contributed by atoms with E-state index in [2.05, 4.69) is 11.1 Å². The fourth-order valence-corrected chi connectivity index (χ4v) is 3.97. The average molecular weight is 437 g/mol.